The lowest BCUT2D eigenvalue weighted by Crippen LogP contribution is -2.11. The number of nitrogens with one attached hydrogen (secondary N) is 1. The predicted molar refractivity (Wildman–Crippen MR) is 92.6 cm³/mol. The van der Waals surface area contributed by atoms with Gasteiger partial charge < -0.3 is 4.74 Å². The average molecular weight is 367 g/mol. The van der Waals surface area contributed by atoms with Crippen molar-refractivity contribution in [3.8, 4) is 0 Å². The topological polar surface area (TPSA) is 68.3 Å². The van der Waals surface area contributed by atoms with Gasteiger partial charge in [-0.25, -0.2) is 4.98 Å². The highest BCUT2D eigenvalue weighted by Crippen LogP contribution is 2.35. The lowest BCUT2D eigenvalue weighted by molar-refractivity contribution is -0.139. The quantitative estimate of drug-likeness (QED) is 0.709. The van der Waals surface area contributed by atoms with E-state index in [4.69, 9.17) is 11.6 Å². The maximum Gasteiger partial charge on any atom is 0.311 e. The minimum Gasteiger partial charge on any atom is -0.469 e. The van der Waals surface area contributed by atoms with Gasteiger partial charge in [-0.05, 0) is 6.07 Å². The molecule has 1 aromatic carbocycles. The molecule has 0 saturated carbocycles. The number of carbonyl (C=O) groups excluding carboxylic acids is 2. The van der Waals surface area contributed by atoms with E-state index >= 15 is 0 Å². The first-order valence-corrected chi connectivity index (χ1v) is 8.65. The summed E-state index contributed by atoms with van der Waals surface area (Å²) in [7, 11) is 1.32. The molecule has 0 aliphatic heterocycles. The molecule has 0 bridgehead atoms. The van der Waals surface area contributed by atoms with Crippen LogP contribution in [0.25, 0.3) is 10.1 Å². The Balaban J connectivity index is 1.78. The van der Waals surface area contributed by atoms with Gasteiger partial charge >= 0.3 is 5.97 Å². The molecule has 1 N–H and O–H groups in total. The molecule has 0 fully saturated rings. The van der Waals surface area contributed by atoms with Gasteiger partial charge in [0, 0.05) is 15.5 Å². The Hall–Kier alpha value is -1.96. The fourth-order valence-electron chi connectivity index (χ4n) is 1.98. The zero-order valence-corrected chi connectivity index (χ0v) is 14.3. The van der Waals surface area contributed by atoms with Crippen LogP contribution in [-0.4, -0.2) is 24.0 Å². The molecule has 2 heterocycles. The molecule has 5 nitrogen and oxygen atoms in total. The number of thiophene rings is 1. The molecule has 118 valence electrons. The van der Waals surface area contributed by atoms with Crippen LogP contribution < -0.4 is 5.32 Å². The smallest absolute Gasteiger partial charge is 0.311 e. The Morgan fingerprint density at radius 3 is 2.87 bits per heavy atom. The van der Waals surface area contributed by atoms with E-state index in [-0.39, 0.29) is 18.3 Å². The molecule has 0 saturated heterocycles. The number of esters is 1. The second-order valence-corrected chi connectivity index (χ2v) is 6.88. The number of methoxy groups -OCH3 is 1. The summed E-state index contributed by atoms with van der Waals surface area (Å²) in [6.07, 6.45) is 0.0759. The van der Waals surface area contributed by atoms with E-state index in [1.54, 1.807) is 5.38 Å². The molecule has 1 amide bonds. The summed E-state index contributed by atoms with van der Waals surface area (Å²) in [5.41, 5.74) is 0.555. The maximum absolute atomic E-state index is 12.4. The second kappa shape index (κ2) is 6.66. The molecule has 8 heteroatoms. The molecule has 0 atom stereocenters. The largest absolute Gasteiger partial charge is 0.469 e. The van der Waals surface area contributed by atoms with Crippen molar-refractivity contribution in [2.75, 3.05) is 12.4 Å². The monoisotopic (exact) mass is 366 g/mol. The number of amides is 1. The van der Waals surface area contributed by atoms with Crippen molar-refractivity contribution in [2.45, 2.75) is 6.42 Å². The van der Waals surface area contributed by atoms with E-state index < -0.39 is 0 Å². The van der Waals surface area contributed by atoms with Crippen LogP contribution in [0.3, 0.4) is 0 Å². The fourth-order valence-corrected chi connectivity index (χ4v) is 4.10. The molecule has 0 aliphatic carbocycles. The summed E-state index contributed by atoms with van der Waals surface area (Å²) < 4.78 is 5.54. The Bertz CT molecular complexity index is 888. The van der Waals surface area contributed by atoms with Crippen LogP contribution in [0.15, 0.2) is 29.6 Å². The first kappa shape index (κ1) is 15.9. The number of rotatable bonds is 4. The lowest BCUT2D eigenvalue weighted by Gasteiger charge is -1.99. The first-order valence-electron chi connectivity index (χ1n) is 6.58. The van der Waals surface area contributed by atoms with Crippen molar-refractivity contribution >= 4 is 61.4 Å². The van der Waals surface area contributed by atoms with Crippen LogP contribution >= 0.6 is 34.3 Å². The number of halogens is 1. The third-order valence-electron chi connectivity index (χ3n) is 3.07. The van der Waals surface area contributed by atoms with Crippen LogP contribution in [0.4, 0.5) is 5.13 Å². The third-order valence-corrected chi connectivity index (χ3v) is 5.55. The lowest BCUT2D eigenvalue weighted by atomic mass is 10.2. The predicted octanol–water partition coefficient (Wildman–Crippen LogP) is 3.98. The van der Waals surface area contributed by atoms with Crippen LogP contribution in [0.2, 0.25) is 5.02 Å². The number of thiazole rings is 1. The number of aromatic nitrogens is 1. The van der Waals surface area contributed by atoms with Crippen LogP contribution in [-0.2, 0) is 16.0 Å². The molecular formula is C15H11ClN2O3S2. The number of nitrogens with zero attached hydrogens (tertiary/aromatic N) is 1. The molecule has 3 aromatic rings. The van der Waals surface area contributed by atoms with Gasteiger partial charge in [-0.1, -0.05) is 29.8 Å². The van der Waals surface area contributed by atoms with Crippen molar-refractivity contribution in [1.82, 2.24) is 4.98 Å². The summed E-state index contributed by atoms with van der Waals surface area (Å²) >= 11 is 8.86. The second-order valence-electron chi connectivity index (χ2n) is 4.59. The van der Waals surface area contributed by atoms with Gasteiger partial charge in [-0.3, -0.25) is 14.9 Å². The fraction of sp³-hybridized carbons (Fsp3) is 0.133. The van der Waals surface area contributed by atoms with E-state index in [0.29, 0.717) is 20.7 Å². The van der Waals surface area contributed by atoms with E-state index in [9.17, 15) is 9.59 Å². The number of hydrogen-bond donors (Lipinski definition) is 1. The number of benzene rings is 1. The van der Waals surface area contributed by atoms with Crippen molar-refractivity contribution < 1.29 is 14.3 Å². The van der Waals surface area contributed by atoms with Crippen molar-refractivity contribution in [1.29, 1.82) is 0 Å². The van der Waals surface area contributed by atoms with E-state index in [1.807, 2.05) is 24.3 Å². The highest BCUT2D eigenvalue weighted by molar-refractivity contribution is 7.21. The molecule has 0 radical (unpaired) electrons. The Labute approximate surface area is 144 Å². The summed E-state index contributed by atoms with van der Waals surface area (Å²) in [6, 6.07) is 7.57. The zero-order valence-electron chi connectivity index (χ0n) is 12.0. The Kier molecular flexibility index (Phi) is 4.61. The Morgan fingerprint density at radius 1 is 1.35 bits per heavy atom. The summed E-state index contributed by atoms with van der Waals surface area (Å²) in [4.78, 5) is 28.2. The Morgan fingerprint density at radius 2 is 2.13 bits per heavy atom. The van der Waals surface area contributed by atoms with Gasteiger partial charge in [0.25, 0.3) is 5.91 Å². The number of ether oxygens (including phenoxy) is 1. The molecule has 2 aromatic heterocycles. The summed E-state index contributed by atoms with van der Waals surface area (Å²) in [5.74, 6) is -0.684. The van der Waals surface area contributed by atoms with Gasteiger partial charge in [-0.2, -0.15) is 0 Å². The molecule has 0 spiro atoms. The maximum atomic E-state index is 12.4. The van der Waals surface area contributed by atoms with Crippen LogP contribution in [0, 0.1) is 0 Å². The zero-order chi connectivity index (χ0) is 16.4. The highest BCUT2D eigenvalue weighted by Gasteiger charge is 2.18. The first-order chi connectivity index (χ1) is 11.1. The standard InChI is InChI=1S/C15H11ClN2O3S2/c1-21-11(19)6-8-7-22-15(17-8)18-14(20)13-12(16)9-4-2-3-5-10(9)23-13/h2-5,7H,6H2,1H3,(H,17,18,20). The summed E-state index contributed by atoms with van der Waals surface area (Å²) in [6.45, 7) is 0. The van der Waals surface area contributed by atoms with Crippen molar-refractivity contribution in [3.63, 3.8) is 0 Å². The van der Waals surface area contributed by atoms with Gasteiger partial charge in [0.2, 0.25) is 0 Å². The molecule has 3 rings (SSSR count). The van der Waals surface area contributed by atoms with Crippen LogP contribution in [0.1, 0.15) is 15.4 Å². The van der Waals surface area contributed by atoms with E-state index in [1.165, 1.54) is 29.8 Å². The van der Waals surface area contributed by atoms with Gasteiger partial charge in [-0.15, -0.1) is 22.7 Å². The van der Waals surface area contributed by atoms with E-state index in [0.717, 1.165) is 10.1 Å². The van der Waals surface area contributed by atoms with Gasteiger partial charge in [0.05, 0.1) is 24.2 Å². The van der Waals surface area contributed by atoms with E-state index in [2.05, 4.69) is 15.0 Å². The normalized spacial score (nSPS) is 10.7. The molecule has 0 unspecified atom stereocenters. The minimum atomic E-state index is -0.374. The average Bonchev–Trinajstić information content (AvgIpc) is 3.12. The summed E-state index contributed by atoms with van der Waals surface area (Å²) in [5, 5.41) is 6.14. The minimum absolute atomic E-state index is 0.0759. The third kappa shape index (κ3) is 3.36. The van der Waals surface area contributed by atoms with Crippen LogP contribution in [0.5, 0.6) is 0 Å². The number of fused-ring (bicyclic) bond motifs is 1. The number of hydrogen-bond acceptors (Lipinski definition) is 6. The van der Waals surface area contributed by atoms with Gasteiger partial charge in [0.1, 0.15) is 4.88 Å². The van der Waals surface area contributed by atoms with Crippen molar-refractivity contribution in [3.05, 3.63) is 45.2 Å². The van der Waals surface area contributed by atoms with Crippen molar-refractivity contribution in [2.24, 2.45) is 0 Å². The highest BCUT2D eigenvalue weighted by atomic mass is 35.5. The number of carbonyl (C=O) groups is 2. The molecule has 23 heavy (non-hydrogen) atoms. The molecular weight excluding hydrogens is 356 g/mol. The molecule has 0 aliphatic rings. The number of anilines is 1. The SMILES string of the molecule is COC(=O)Cc1csc(NC(=O)c2sc3ccccc3c2Cl)n1. The van der Waals surface area contributed by atoms with Gasteiger partial charge in [0.15, 0.2) is 5.13 Å².